The monoisotopic (exact) mass is 454 g/mol. The predicted octanol–water partition coefficient (Wildman–Crippen LogP) is 4.87. The van der Waals surface area contributed by atoms with Crippen molar-refractivity contribution in [3.05, 3.63) is 23.8 Å². The van der Waals surface area contributed by atoms with E-state index in [1.807, 2.05) is 13.8 Å². The number of allylic oxidation sites excluding steroid dienone is 4. The van der Waals surface area contributed by atoms with Crippen LogP contribution in [0.2, 0.25) is 0 Å². The highest BCUT2D eigenvalue weighted by atomic mass is 32.2. The van der Waals surface area contributed by atoms with Gasteiger partial charge < -0.3 is 14.6 Å². The molecular formula is C24H32F2O4S. The van der Waals surface area contributed by atoms with Gasteiger partial charge in [-0.3, -0.25) is 4.79 Å². The second kappa shape index (κ2) is 7.12. The maximum atomic E-state index is 17.1. The van der Waals surface area contributed by atoms with Crippen LogP contribution < -0.4 is 0 Å². The molecule has 0 radical (unpaired) electrons. The Balaban J connectivity index is 1.56. The summed E-state index contributed by atoms with van der Waals surface area (Å²) < 4.78 is 43.6. The van der Waals surface area contributed by atoms with Gasteiger partial charge in [-0.25, -0.2) is 8.78 Å². The largest absolute Gasteiger partial charge is 0.390 e. The highest BCUT2D eigenvalue weighted by Gasteiger charge is 2.77. The summed E-state index contributed by atoms with van der Waals surface area (Å²) in [6.07, 6.45) is 6.28. The molecule has 9 atom stereocenters. The second-order valence-electron chi connectivity index (χ2n) is 10.4. The van der Waals surface area contributed by atoms with Gasteiger partial charge in [-0.05, 0) is 57.1 Å². The van der Waals surface area contributed by atoms with Crippen LogP contribution in [0, 0.1) is 22.7 Å². The Hall–Kier alpha value is -0.760. The molecule has 0 amide bonds. The predicted molar refractivity (Wildman–Crippen MR) is 115 cm³/mol. The van der Waals surface area contributed by atoms with E-state index in [1.165, 1.54) is 6.08 Å². The molecule has 5 aliphatic rings. The Morgan fingerprint density at radius 1 is 1.32 bits per heavy atom. The molecule has 1 N–H and O–H groups in total. The van der Waals surface area contributed by atoms with Crippen molar-refractivity contribution in [1.82, 2.24) is 0 Å². The van der Waals surface area contributed by atoms with Crippen LogP contribution in [0.4, 0.5) is 8.78 Å². The lowest BCUT2D eigenvalue weighted by atomic mass is 9.45. The van der Waals surface area contributed by atoms with Gasteiger partial charge in [-0.2, -0.15) is 0 Å². The average Bonchev–Trinajstić information content (AvgIpc) is 3.16. The topological polar surface area (TPSA) is 55.8 Å². The van der Waals surface area contributed by atoms with Crippen molar-refractivity contribution >= 4 is 17.5 Å². The molecule has 4 aliphatic carbocycles. The quantitative estimate of drug-likeness (QED) is 0.657. The summed E-state index contributed by atoms with van der Waals surface area (Å²) >= 11 is 1.12. The molecule has 0 aromatic rings. The van der Waals surface area contributed by atoms with Crippen LogP contribution >= 0.6 is 11.8 Å². The fourth-order valence-corrected chi connectivity index (χ4v) is 8.89. The lowest BCUT2D eigenvalue weighted by molar-refractivity contribution is -0.217. The van der Waals surface area contributed by atoms with Gasteiger partial charge >= 0.3 is 0 Å². The molecule has 4 nitrogen and oxygen atoms in total. The first kappa shape index (κ1) is 22.1. The van der Waals surface area contributed by atoms with E-state index < -0.39 is 39.5 Å². The number of rotatable bonds is 4. The third kappa shape index (κ3) is 2.61. The number of fused-ring (bicyclic) bond motifs is 7. The first-order chi connectivity index (χ1) is 14.7. The van der Waals surface area contributed by atoms with Crippen LogP contribution in [0.15, 0.2) is 23.8 Å². The molecule has 0 aromatic heterocycles. The SMILES string of the molecule is CCCC1O[C@@H]2C[C@H]3[C@@H]4CCC5=CC(=O)C=C[C@]5(C)[C@@]4(F)[C@@H](O)C[C@]3(C)[C@]2(SCF)O1. The van der Waals surface area contributed by atoms with Gasteiger partial charge in [0.05, 0.1) is 6.10 Å². The third-order valence-electron chi connectivity index (χ3n) is 9.14. The summed E-state index contributed by atoms with van der Waals surface area (Å²) in [5, 5.41) is 11.4. The highest BCUT2D eigenvalue weighted by Crippen LogP contribution is 2.73. The fraction of sp³-hybridized carbons (Fsp3) is 0.792. The van der Waals surface area contributed by atoms with Gasteiger partial charge in [0.15, 0.2) is 22.7 Å². The van der Waals surface area contributed by atoms with Crippen molar-refractivity contribution in [3.8, 4) is 0 Å². The van der Waals surface area contributed by atoms with Gasteiger partial charge in [-0.15, -0.1) is 0 Å². The molecule has 3 saturated carbocycles. The van der Waals surface area contributed by atoms with E-state index in [-0.39, 0.29) is 30.5 Å². The van der Waals surface area contributed by atoms with Crippen molar-refractivity contribution in [3.63, 3.8) is 0 Å². The van der Waals surface area contributed by atoms with Crippen LogP contribution in [-0.4, -0.2) is 46.0 Å². The first-order valence-corrected chi connectivity index (χ1v) is 12.5. The lowest BCUT2D eigenvalue weighted by Crippen LogP contribution is -2.68. The minimum Gasteiger partial charge on any atom is -0.390 e. The molecule has 0 bridgehead atoms. The molecule has 1 heterocycles. The fourth-order valence-electron chi connectivity index (χ4n) is 7.65. The van der Waals surface area contributed by atoms with Crippen LogP contribution in [0.5, 0.6) is 0 Å². The molecule has 0 aromatic carbocycles. The molecule has 0 spiro atoms. The number of aliphatic hydroxyl groups excluding tert-OH is 1. The van der Waals surface area contributed by atoms with Crippen LogP contribution in [-0.2, 0) is 14.3 Å². The van der Waals surface area contributed by atoms with Crippen LogP contribution in [0.3, 0.4) is 0 Å². The number of halogens is 2. The summed E-state index contributed by atoms with van der Waals surface area (Å²) in [5.41, 5.74) is -2.75. The third-order valence-corrected chi connectivity index (χ3v) is 10.5. The second-order valence-corrected chi connectivity index (χ2v) is 11.5. The molecule has 4 fully saturated rings. The van der Waals surface area contributed by atoms with Gasteiger partial charge in [-0.1, -0.05) is 43.7 Å². The van der Waals surface area contributed by atoms with Crippen molar-refractivity contribution < 1.29 is 28.2 Å². The van der Waals surface area contributed by atoms with E-state index in [2.05, 4.69) is 6.92 Å². The normalized spacial score (nSPS) is 52.9. The lowest BCUT2D eigenvalue weighted by Gasteiger charge is -2.62. The number of carbonyl (C=O) groups is 1. The number of thioether (sulfide) groups is 1. The van der Waals surface area contributed by atoms with Crippen molar-refractivity contribution in [1.29, 1.82) is 0 Å². The van der Waals surface area contributed by atoms with Crippen LogP contribution in [0.25, 0.3) is 0 Å². The van der Waals surface area contributed by atoms with E-state index in [9.17, 15) is 14.3 Å². The number of hydrogen-bond acceptors (Lipinski definition) is 5. The number of aliphatic hydroxyl groups is 1. The van der Waals surface area contributed by atoms with E-state index in [0.29, 0.717) is 19.3 Å². The highest BCUT2D eigenvalue weighted by molar-refractivity contribution is 8.00. The summed E-state index contributed by atoms with van der Waals surface area (Å²) in [7, 11) is 0. The first-order valence-electron chi connectivity index (χ1n) is 11.5. The molecular weight excluding hydrogens is 422 g/mol. The molecule has 31 heavy (non-hydrogen) atoms. The number of ether oxygens (including phenoxy) is 2. The molecule has 1 saturated heterocycles. The molecule has 7 heteroatoms. The van der Waals surface area contributed by atoms with E-state index in [4.69, 9.17) is 9.47 Å². The maximum Gasteiger partial charge on any atom is 0.178 e. The average molecular weight is 455 g/mol. The van der Waals surface area contributed by atoms with E-state index >= 15 is 4.39 Å². The molecule has 1 unspecified atom stereocenters. The summed E-state index contributed by atoms with van der Waals surface area (Å²) in [4.78, 5) is 11.0. The Morgan fingerprint density at radius 2 is 2.10 bits per heavy atom. The molecule has 172 valence electrons. The zero-order valence-corrected chi connectivity index (χ0v) is 19.2. The number of carbonyl (C=O) groups excluding carboxylic acids is 1. The Bertz CT molecular complexity index is 847. The summed E-state index contributed by atoms with van der Waals surface area (Å²) in [5.74, 6) is -0.639. The van der Waals surface area contributed by atoms with Crippen LogP contribution in [0.1, 0.15) is 59.3 Å². The maximum absolute atomic E-state index is 17.1. The van der Waals surface area contributed by atoms with Gasteiger partial charge in [0.25, 0.3) is 0 Å². The zero-order chi connectivity index (χ0) is 22.2. The van der Waals surface area contributed by atoms with E-state index in [0.717, 1.165) is 30.2 Å². The number of alkyl halides is 2. The summed E-state index contributed by atoms with van der Waals surface area (Å²) in [6, 6.07) is -0.613. The van der Waals surface area contributed by atoms with Gasteiger partial charge in [0.2, 0.25) is 0 Å². The molecule has 1 aliphatic heterocycles. The number of ketones is 1. The Morgan fingerprint density at radius 3 is 2.81 bits per heavy atom. The Kier molecular flexibility index (Phi) is 5.06. The minimum atomic E-state index is -1.89. The molecule has 5 rings (SSSR count). The van der Waals surface area contributed by atoms with Gasteiger partial charge in [0.1, 0.15) is 12.1 Å². The van der Waals surface area contributed by atoms with Gasteiger partial charge in [0, 0.05) is 16.7 Å². The Labute approximate surface area is 186 Å². The van der Waals surface area contributed by atoms with Crippen molar-refractivity contribution in [2.45, 2.75) is 88.4 Å². The standard InChI is InChI=1S/C24H32F2O4S/c1-4-5-20-29-19-11-17-16-7-6-14-10-15(27)8-9-21(14,2)23(16,26)18(28)12-22(17,3)24(19,30-20)31-13-25/h8-10,16-20,28H,4-7,11-13H2,1-3H3/t16-,17-,18-,19+,20?,21-,22-,23-,24-/m0/s1. The van der Waals surface area contributed by atoms with Crippen molar-refractivity contribution in [2.24, 2.45) is 22.7 Å². The summed E-state index contributed by atoms with van der Waals surface area (Å²) in [6.45, 7) is 5.90. The minimum absolute atomic E-state index is 0.100. The van der Waals surface area contributed by atoms with Crippen molar-refractivity contribution in [2.75, 3.05) is 6.01 Å². The van der Waals surface area contributed by atoms with E-state index in [1.54, 1.807) is 12.2 Å². The number of hydrogen-bond donors (Lipinski definition) is 1. The smallest absolute Gasteiger partial charge is 0.178 e. The zero-order valence-electron chi connectivity index (χ0n) is 18.4.